The topological polar surface area (TPSA) is 94.0 Å². The maximum atomic E-state index is 11.9. The predicted molar refractivity (Wildman–Crippen MR) is 86.3 cm³/mol. The van der Waals surface area contributed by atoms with Crippen LogP contribution in [0.1, 0.15) is 25.3 Å². The van der Waals surface area contributed by atoms with Crippen LogP contribution in [0, 0.1) is 5.41 Å². The molecular weight excluding hydrogens is 280 g/mol. The first-order chi connectivity index (χ1) is 10.5. The lowest BCUT2D eigenvalue weighted by Gasteiger charge is -2.08. The normalized spacial score (nSPS) is 10.5. The minimum Gasteiger partial charge on any atom is -0.494 e. The Morgan fingerprint density at radius 1 is 1.36 bits per heavy atom. The number of amidine groups is 1. The average Bonchev–Trinajstić information content (AvgIpc) is 2.50. The number of rotatable bonds is 6. The SMILES string of the molecule is CCCCOc1ccc(-c2cc(C(=N)N)c(=O)n(C)n2)cc1. The fourth-order valence-electron chi connectivity index (χ4n) is 2.00. The van der Waals surface area contributed by atoms with E-state index in [9.17, 15) is 4.79 Å². The Morgan fingerprint density at radius 3 is 2.64 bits per heavy atom. The van der Waals surface area contributed by atoms with Crippen LogP contribution in [0.2, 0.25) is 0 Å². The smallest absolute Gasteiger partial charge is 0.277 e. The Labute approximate surface area is 129 Å². The van der Waals surface area contributed by atoms with Gasteiger partial charge in [0, 0.05) is 12.6 Å². The lowest BCUT2D eigenvalue weighted by atomic mass is 10.1. The van der Waals surface area contributed by atoms with Gasteiger partial charge < -0.3 is 10.5 Å². The van der Waals surface area contributed by atoms with Crippen molar-refractivity contribution in [2.75, 3.05) is 6.61 Å². The van der Waals surface area contributed by atoms with E-state index in [-0.39, 0.29) is 17.0 Å². The van der Waals surface area contributed by atoms with E-state index in [2.05, 4.69) is 12.0 Å². The van der Waals surface area contributed by atoms with E-state index in [1.807, 2.05) is 24.3 Å². The van der Waals surface area contributed by atoms with Crippen molar-refractivity contribution in [3.05, 3.63) is 46.2 Å². The molecule has 1 heterocycles. The molecule has 0 aliphatic heterocycles. The summed E-state index contributed by atoms with van der Waals surface area (Å²) in [5.41, 5.74) is 6.64. The number of ether oxygens (including phenoxy) is 1. The molecule has 3 N–H and O–H groups in total. The molecule has 22 heavy (non-hydrogen) atoms. The largest absolute Gasteiger partial charge is 0.494 e. The quantitative estimate of drug-likeness (QED) is 0.484. The number of hydrogen-bond donors (Lipinski definition) is 2. The number of nitrogens with two attached hydrogens (primary N) is 1. The predicted octanol–water partition coefficient (Wildman–Crippen LogP) is 1.91. The second kappa shape index (κ2) is 6.89. The van der Waals surface area contributed by atoms with Gasteiger partial charge in [-0.3, -0.25) is 10.2 Å². The molecule has 0 aliphatic rings. The van der Waals surface area contributed by atoms with Gasteiger partial charge >= 0.3 is 0 Å². The minimum absolute atomic E-state index is 0.149. The highest BCUT2D eigenvalue weighted by atomic mass is 16.5. The molecule has 6 nitrogen and oxygen atoms in total. The van der Waals surface area contributed by atoms with Crippen LogP contribution in [0.3, 0.4) is 0 Å². The van der Waals surface area contributed by atoms with Gasteiger partial charge in [-0.25, -0.2) is 4.68 Å². The van der Waals surface area contributed by atoms with E-state index < -0.39 is 0 Å². The summed E-state index contributed by atoms with van der Waals surface area (Å²) < 4.78 is 6.80. The third-order valence-electron chi connectivity index (χ3n) is 3.27. The number of nitrogens with one attached hydrogen (secondary N) is 1. The van der Waals surface area contributed by atoms with Gasteiger partial charge in [-0.1, -0.05) is 13.3 Å². The van der Waals surface area contributed by atoms with Crippen molar-refractivity contribution in [2.24, 2.45) is 12.8 Å². The summed E-state index contributed by atoms with van der Waals surface area (Å²) in [7, 11) is 1.54. The summed E-state index contributed by atoms with van der Waals surface area (Å²) in [6.45, 7) is 2.81. The van der Waals surface area contributed by atoms with Gasteiger partial charge in [0.2, 0.25) is 0 Å². The fourth-order valence-corrected chi connectivity index (χ4v) is 2.00. The maximum absolute atomic E-state index is 11.9. The van der Waals surface area contributed by atoms with Crippen molar-refractivity contribution in [1.29, 1.82) is 5.41 Å². The van der Waals surface area contributed by atoms with Crippen molar-refractivity contribution < 1.29 is 4.74 Å². The Kier molecular flexibility index (Phi) is 4.93. The van der Waals surface area contributed by atoms with Gasteiger partial charge in [0.05, 0.1) is 17.9 Å². The third-order valence-corrected chi connectivity index (χ3v) is 3.27. The van der Waals surface area contributed by atoms with E-state index in [0.717, 1.165) is 24.2 Å². The van der Waals surface area contributed by atoms with Crippen LogP contribution in [-0.4, -0.2) is 22.2 Å². The third kappa shape index (κ3) is 3.52. The molecule has 116 valence electrons. The monoisotopic (exact) mass is 300 g/mol. The Morgan fingerprint density at radius 2 is 2.05 bits per heavy atom. The standard InChI is InChI=1S/C16H20N4O2/c1-3-4-9-22-12-7-5-11(6-8-12)14-10-13(15(17)18)16(21)20(2)19-14/h5-8,10H,3-4,9H2,1-2H3,(H3,17,18). The summed E-state index contributed by atoms with van der Waals surface area (Å²) in [6.07, 6.45) is 2.11. The van der Waals surface area contributed by atoms with Crippen LogP contribution in [0.4, 0.5) is 0 Å². The number of hydrogen-bond acceptors (Lipinski definition) is 4. The highest BCUT2D eigenvalue weighted by molar-refractivity contribution is 5.95. The van der Waals surface area contributed by atoms with E-state index in [1.165, 1.54) is 10.7 Å². The van der Waals surface area contributed by atoms with Crippen LogP contribution < -0.4 is 16.0 Å². The number of nitrogens with zero attached hydrogens (tertiary/aromatic N) is 2. The average molecular weight is 300 g/mol. The first-order valence-corrected chi connectivity index (χ1v) is 7.19. The summed E-state index contributed by atoms with van der Waals surface area (Å²) in [5, 5.41) is 11.7. The molecule has 2 rings (SSSR count). The summed E-state index contributed by atoms with van der Waals surface area (Å²) in [4.78, 5) is 11.9. The van der Waals surface area contributed by atoms with Gasteiger partial charge in [0.1, 0.15) is 11.6 Å². The number of unbranched alkanes of at least 4 members (excludes halogenated alkanes) is 1. The number of nitrogen functional groups attached to an aromatic ring is 1. The van der Waals surface area contributed by atoms with Crippen molar-refractivity contribution >= 4 is 5.84 Å². The van der Waals surface area contributed by atoms with Gasteiger partial charge in [-0.05, 0) is 36.8 Å². The Bertz CT molecular complexity index is 720. The van der Waals surface area contributed by atoms with E-state index >= 15 is 0 Å². The first-order valence-electron chi connectivity index (χ1n) is 7.19. The molecule has 1 aromatic carbocycles. The van der Waals surface area contributed by atoms with E-state index in [0.29, 0.717) is 12.3 Å². The summed E-state index contributed by atoms with van der Waals surface area (Å²) in [6, 6.07) is 9.02. The van der Waals surface area contributed by atoms with E-state index in [1.54, 1.807) is 7.05 Å². The number of benzene rings is 1. The van der Waals surface area contributed by atoms with Gasteiger partial charge in [0.25, 0.3) is 5.56 Å². The molecule has 0 aliphatic carbocycles. The second-order valence-electron chi connectivity index (χ2n) is 5.01. The van der Waals surface area contributed by atoms with E-state index in [4.69, 9.17) is 15.9 Å². The van der Waals surface area contributed by atoms with Crippen molar-refractivity contribution in [1.82, 2.24) is 9.78 Å². The highest BCUT2D eigenvalue weighted by Crippen LogP contribution is 2.20. The second-order valence-corrected chi connectivity index (χ2v) is 5.01. The Hall–Kier alpha value is -2.63. The zero-order valence-corrected chi connectivity index (χ0v) is 12.8. The van der Waals surface area contributed by atoms with Crippen molar-refractivity contribution in [3.63, 3.8) is 0 Å². The zero-order chi connectivity index (χ0) is 16.1. The van der Waals surface area contributed by atoms with Gasteiger partial charge in [0.15, 0.2) is 0 Å². The van der Waals surface area contributed by atoms with Crippen molar-refractivity contribution in [3.8, 4) is 17.0 Å². The highest BCUT2D eigenvalue weighted by Gasteiger charge is 2.10. The van der Waals surface area contributed by atoms with Gasteiger partial charge in [-0.2, -0.15) is 5.10 Å². The molecule has 0 amide bonds. The lowest BCUT2D eigenvalue weighted by Crippen LogP contribution is -2.29. The molecule has 0 fully saturated rings. The molecule has 0 saturated carbocycles. The molecule has 0 radical (unpaired) electrons. The van der Waals surface area contributed by atoms with Crippen molar-refractivity contribution in [2.45, 2.75) is 19.8 Å². The van der Waals surface area contributed by atoms with Crippen LogP contribution in [0.5, 0.6) is 5.75 Å². The number of aromatic nitrogens is 2. The zero-order valence-electron chi connectivity index (χ0n) is 12.8. The molecule has 0 spiro atoms. The molecule has 0 bridgehead atoms. The summed E-state index contributed by atoms with van der Waals surface area (Å²) in [5.74, 6) is 0.539. The van der Waals surface area contributed by atoms with Crippen LogP contribution >= 0.6 is 0 Å². The molecule has 6 heteroatoms. The molecule has 1 aromatic heterocycles. The van der Waals surface area contributed by atoms with Crippen LogP contribution in [0.15, 0.2) is 35.1 Å². The maximum Gasteiger partial charge on any atom is 0.277 e. The molecular formula is C16H20N4O2. The van der Waals surface area contributed by atoms with Gasteiger partial charge in [-0.15, -0.1) is 0 Å². The van der Waals surface area contributed by atoms with Crippen LogP contribution in [-0.2, 0) is 7.05 Å². The summed E-state index contributed by atoms with van der Waals surface area (Å²) >= 11 is 0. The lowest BCUT2D eigenvalue weighted by molar-refractivity contribution is 0.309. The molecule has 0 unspecified atom stereocenters. The molecule has 0 atom stereocenters. The molecule has 0 saturated heterocycles. The van der Waals surface area contributed by atoms with Crippen LogP contribution in [0.25, 0.3) is 11.3 Å². The first kappa shape index (κ1) is 15.8. The Balaban J connectivity index is 2.28. The minimum atomic E-state index is -0.379. The number of aryl methyl sites for hydroxylation is 1. The molecule has 2 aromatic rings. The fraction of sp³-hybridized carbons (Fsp3) is 0.312.